The van der Waals surface area contributed by atoms with Crippen molar-refractivity contribution in [1.29, 1.82) is 0 Å². The molecule has 0 aliphatic carbocycles. The van der Waals surface area contributed by atoms with Crippen LogP contribution in [0.25, 0.3) is 0 Å². The van der Waals surface area contributed by atoms with E-state index < -0.39 is 0 Å². The molecule has 0 bridgehead atoms. The Bertz CT molecular complexity index is 554. The Labute approximate surface area is 128 Å². The highest BCUT2D eigenvalue weighted by atomic mass is 15.1. The molecule has 21 heavy (non-hydrogen) atoms. The molecular formula is C20H25N. The Kier molecular flexibility index (Phi) is 5.62. The minimum atomic E-state index is 0.920. The van der Waals surface area contributed by atoms with Crippen molar-refractivity contribution in [2.24, 2.45) is 0 Å². The monoisotopic (exact) mass is 279 g/mol. The Morgan fingerprint density at radius 3 is 1.86 bits per heavy atom. The number of allylic oxidation sites excluding steroid dienone is 1. The number of aryl methyl sites for hydroxylation is 1. The molecule has 0 amide bonds. The molecule has 0 unspecified atom stereocenters. The van der Waals surface area contributed by atoms with Crippen LogP contribution in [0, 0.1) is 0 Å². The van der Waals surface area contributed by atoms with Gasteiger partial charge in [0, 0.05) is 18.8 Å². The standard InChI is InChI=1S/C20H25N/c1-4-17(3)21(15-19-9-7-6-8-10-19)16-20-13-11-18(5-2)12-14-20/h6-14H,3-5,15-16H2,1-2H3. The summed E-state index contributed by atoms with van der Waals surface area (Å²) in [4.78, 5) is 2.37. The van der Waals surface area contributed by atoms with Gasteiger partial charge in [-0.1, -0.05) is 75.0 Å². The first-order valence-electron chi connectivity index (χ1n) is 7.77. The summed E-state index contributed by atoms with van der Waals surface area (Å²) in [5.74, 6) is 0. The summed E-state index contributed by atoms with van der Waals surface area (Å²) in [7, 11) is 0. The van der Waals surface area contributed by atoms with E-state index in [9.17, 15) is 0 Å². The summed E-state index contributed by atoms with van der Waals surface area (Å²) in [6.45, 7) is 10.4. The summed E-state index contributed by atoms with van der Waals surface area (Å²) >= 11 is 0. The van der Waals surface area contributed by atoms with Crippen LogP contribution in [-0.2, 0) is 19.5 Å². The molecule has 2 rings (SSSR count). The normalized spacial score (nSPS) is 10.4. The molecule has 0 saturated heterocycles. The number of nitrogens with zero attached hydrogens (tertiary/aromatic N) is 1. The minimum absolute atomic E-state index is 0.920. The summed E-state index contributed by atoms with van der Waals surface area (Å²) in [5, 5.41) is 0. The molecule has 1 heteroatoms. The van der Waals surface area contributed by atoms with Crippen molar-refractivity contribution < 1.29 is 0 Å². The van der Waals surface area contributed by atoms with Crippen LogP contribution < -0.4 is 0 Å². The van der Waals surface area contributed by atoms with Gasteiger partial charge in [0.1, 0.15) is 0 Å². The van der Waals surface area contributed by atoms with Gasteiger partial charge in [0.05, 0.1) is 0 Å². The highest BCUT2D eigenvalue weighted by Gasteiger charge is 2.08. The van der Waals surface area contributed by atoms with Gasteiger partial charge in [0.2, 0.25) is 0 Å². The molecule has 0 fully saturated rings. The van der Waals surface area contributed by atoms with Crippen molar-refractivity contribution in [2.75, 3.05) is 0 Å². The molecule has 0 spiro atoms. The molecule has 0 aliphatic rings. The first-order valence-corrected chi connectivity index (χ1v) is 7.77. The van der Waals surface area contributed by atoms with E-state index >= 15 is 0 Å². The van der Waals surface area contributed by atoms with Crippen LogP contribution in [0.5, 0.6) is 0 Å². The van der Waals surface area contributed by atoms with Gasteiger partial charge in [0.15, 0.2) is 0 Å². The van der Waals surface area contributed by atoms with Gasteiger partial charge in [-0.2, -0.15) is 0 Å². The highest BCUT2D eigenvalue weighted by Crippen LogP contribution is 2.17. The Morgan fingerprint density at radius 2 is 1.33 bits per heavy atom. The van der Waals surface area contributed by atoms with Crippen molar-refractivity contribution in [3.05, 3.63) is 83.6 Å². The summed E-state index contributed by atoms with van der Waals surface area (Å²) < 4.78 is 0. The molecule has 0 atom stereocenters. The minimum Gasteiger partial charge on any atom is -0.367 e. The number of hydrogen-bond donors (Lipinski definition) is 0. The average molecular weight is 279 g/mol. The summed E-state index contributed by atoms with van der Waals surface area (Å²) in [5.41, 5.74) is 5.26. The van der Waals surface area contributed by atoms with Crippen LogP contribution in [0.3, 0.4) is 0 Å². The zero-order valence-electron chi connectivity index (χ0n) is 13.2. The molecule has 1 nitrogen and oxygen atoms in total. The fourth-order valence-corrected chi connectivity index (χ4v) is 2.41. The van der Waals surface area contributed by atoms with E-state index in [2.05, 4.69) is 79.9 Å². The van der Waals surface area contributed by atoms with Gasteiger partial charge < -0.3 is 4.90 Å². The predicted octanol–water partition coefficient (Wildman–Crippen LogP) is 5.17. The molecule has 110 valence electrons. The SMILES string of the molecule is C=C(CC)N(Cc1ccccc1)Cc1ccc(CC)cc1. The van der Waals surface area contributed by atoms with Crippen molar-refractivity contribution in [3.63, 3.8) is 0 Å². The number of benzene rings is 2. The molecule has 0 aromatic heterocycles. The second kappa shape index (κ2) is 7.68. The third-order valence-electron chi connectivity index (χ3n) is 3.88. The van der Waals surface area contributed by atoms with Crippen LogP contribution in [0.2, 0.25) is 0 Å². The van der Waals surface area contributed by atoms with Crippen LogP contribution in [0.4, 0.5) is 0 Å². The number of rotatable bonds is 7. The lowest BCUT2D eigenvalue weighted by atomic mass is 10.1. The smallest absolute Gasteiger partial charge is 0.0430 e. The molecule has 2 aromatic rings. The maximum Gasteiger partial charge on any atom is 0.0430 e. The van der Waals surface area contributed by atoms with E-state index in [1.54, 1.807) is 0 Å². The maximum atomic E-state index is 4.23. The zero-order chi connectivity index (χ0) is 15.1. The second-order valence-electron chi connectivity index (χ2n) is 5.43. The van der Waals surface area contributed by atoms with Gasteiger partial charge in [-0.05, 0) is 29.5 Å². The van der Waals surface area contributed by atoms with E-state index in [1.807, 2.05) is 0 Å². The molecule has 0 heterocycles. The molecule has 2 aromatic carbocycles. The van der Waals surface area contributed by atoms with Crippen molar-refractivity contribution in [2.45, 2.75) is 39.8 Å². The molecule has 0 aliphatic heterocycles. The Morgan fingerprint density at radius 1 is 0.810 bits per heavy atom. The predicted molar refractivity (Wildman–Crippen MR) is 90.9 cm³/mol. The topological polar surface area (TPSA) is 3.24 Å². The average Bonchev–Trinajstić information content (AvgIpc) is 2.55. The van der Waals surface area contributed by atoms with E-state index in [0.29, 0.717) is 0 Å². The third-order valence-corrected chi connectivity index (χ3v) is 3.88. The molecule has 0 saturated carbocycles. The molecule has 0 radical (unpaired) electrons. The largest absolute Gasteiger partial charge is 0.367 e. The van der Waals surface area contributed by atoms with Crippen LogP contribution in [-0.4, -0.2) is 4.90 Å². The van der Waals surface area contributed by atoms with Crippen LogP contribution in [0.15, 0.2) is 66.9 Å². The Balaban J connectivity index is 2.10. The van der Waals surface area contributed by atoms with Crippen LogP contribution >= 0.6 is 0 Å². The lowest BCUT2D eigenvalue weighted by molar-refractivity contribution is 0.321. The lowest BCUT2D eigenvalue weighted by Crippen LogP contribution is -2.21. The van der Waals surface area contributed by atoms with Gasteiger partial charge in [-0.25, -0.2) is 0 Å². The van der Waals surface area contributed by atoms with Crippen molar-refractivity contribution >= 4 is 0 Å². The molecular weight excluding hydrogens is 254 g/mol. The molecule has 0 N–H and O–H groups in total. The fraction of sp³-hybridized carbons (Fsp3) is 0.300. The first kappa shape index (κ1) is 15.4. The number of hydrogen-bond acceptors (Lipinski definition) is 1. The fourth-order valence-electron chi connectivity index (χ4n) is 2.41. The van der Waals surface area contributed by atoms with Gasteiger partial charge >= 0.3 is 0 Å². The summed E-state index contributed by atoms with van der Waals surface area (Å²) in [6, 6.07) is 19.5. The summed E-state index contributed by atoms with van der Waals surface area (Å²) in [6.07, 6.45) is 2.08. The van der Waals surface area contributed by atoms with Gasteiger partial charge in [-0.3, -0.25) is 0 Å². The van der Waals surface area contributed by atoms with Gasteiger partial charge in [0.25, 0.3) is 0 Å². The highest BCUT2D eigenvalue weighted by molar-refractivity contribution is 5.23. The quantitative estimate of drug-likeness (QED) is 0.675. The Hall–Kier alpha value is -2.02. The van der Waals surface area contributed by atoms with E-state index in [1.165, 1.54) is 22.4 Å². The van der Waals surface area contributed by atoms with E-state index in [-0.39, 0.29) is 0 Å². The third kappa shape index (κ3) is 4.49. The van der Waals surface area contributed by atoms with E-state index in [4.69, 9.17) is 0 Å². The lowest BCUT2D eigenvalue weighted by Gasteiger charge is -2.26. The first-order chi connectivity index (χ1) is 10.2. The maximum absolute atomic E-state index is 4.23. The van der Waals surface area contributed by atoms with Crippen molar-refractivity contribution in [3.8, 4) is 0 Å². The van der Waals surface area contributed by atoms with E-state index in [0.717, 1.165) is 25.9 Å². The van der Waals surface area contributed by atoms with Crippen molar-refractivity contribution in [1.82, 2.24) is 4.90 Å². The zero-order valence-corrected chi connectivity index (χ0v) is 13.2. The second-order valence-corrected chi connectivity index (χ2v) is 5.43. The van der Waals surface area contributed by atoms with Crippen LogP contribution in [0.1, 0.15) is 37.0 Å². The van der Waals surface area contributed by atoms with Gasteiger partial charge in [-0.15, -0.1) is 0 Å².